The Balaban J connectivity index is 1.37. The predicted molar refractivity (Wildman–Crippen MR) is 143 cm³/mol. The van der Waals surface area contributed by atoms with Crippen molar-refractivity contribution in [3.05, 3.63) is 74.5 Å². The highest BCUT2D eigenvalue weighted by Gasteiger charge is 2.23. The molecule has 0 saturated heterocycles. The van der Waals surface area contributed by atoms with Crippen LogP contribution in [0.15, 0.2) is 44.1 Å². The number of aromatic nitrogens is 1. The van der Waals surface area contributed by atoms with Gasteiger partial charge in [-0.25, -0.2) is 9.59 Å². The first-order valence-electron chi connectivity index (χ1n) is 12.3. The number of aryl methyl sites for hydroxylation is 4. The number of rotatable bonds is 7. The van der Waals surface area contributed by atoms with Crippen molar-refractivity contribution in [1.82, 2.24) is 10.3 Å². The van der Waals surface area contributed by atoms with Crippen molar-refractivity contribution in [2.24, 2.45) is 0 Å². The third-order valence-electron chi connectivity index (χ3n) is 7.35. The number of carboxylic acid groups (broad SMARTS) is 1. The van der Waals surface area contributed by atoms with Gasteiger partial charge in [0.2, 0.25) is 5.91 Å². The largest absolute Gasteiger partial charge is 0.508 e. The van der Waals surface area contributed by atoms with Crippen molar-refractivity contribution >= 4 is 44.7 Å². The number of fused-ring (bicyclic) bond motifs is 3. The molecule has 1 amide bonds. The van der Waals surface area contributed by atoms with E-state index in [1.807, 2.05) is 33.8 Å². The van der Waals surface area contributed by atoms with Gasteiger partial charge >= 0.3 is 11.6 Å². The van der Waals surface area contributed by atoms with Crippen molar-refractivity contribution in [3.63, 3.8) is 0 Å². The van der Waals surface area contributed by atoms with Gasteiger partial charge < -0.3 is 29.3 Å². The van der Waals surface area contributed by atoms with E-state index in [2.05, 4.69) is 10.3 Å². The van der Waals surface area contributed by atoms with Crippen LogP contribution in [0.1, 0.15) is 40.0 Å². The van der Waals surface area contributed by atoms with Gasteiger partial charge in [-0.2, -0.15) is 0 Å². The first-order chi connectivity index (χ1) is 18.0. The minimum atomic E-state index is -1.18. The van der Waals surface area contributed by atoms with Gasteiger partial charge in [0.05, 0.1) is 0 Å². The zero-order valence-electron chi connectivity index (χ0n) is 21.5. The molecular formula is C29H28N2O7. The number of aromatic hydroxyl groups is 1. The number of benzene rings is 2. The Morgan fingerprint density at radius 3 is 2.42 bits per heavy atom. The summed E-state index contributed by atoms with van der Waals surface area (Å²) >= 11 is 0. The Kier molecular flexibility index (Phi) is 6.22. The molecule has 0 saturated carbocycles. The van der Waals surface area contributed by atoms with Crippen LogP contribution in [-0.2, 0) is 22.4 Å². The topological polar surface area (TPSA) is 146 Å². The molecule has 0 radical (unpaired) electrons. The molecule has 0 unspecified atom stereocenters. The Morgan fingerprint density at radius 2 is 1.68 bits per heavy atom. The second-order valence-electron chi connectivity index (χ2n) is 9.74. The van der Waals surface area contributed by atoms with Crippen LogP contribution in [0.2, 0.25) is 0 Å². The van der Waals surface area contributed by atoms with E-state index in [1.54, 1.807) is 18.3 Å². The summed E-state index contributed by atoms with van der Waals surface area (Å²) in [5.41, 5.74) is 4.88. The number of furan rings is 1. The van der Waals surface area contributed by atoms with Crippen LogP contribution < -0.4 is 10.9 Å². The molecule has 0 aliphatic carbocycles. The summed E-state index contributed by atoms with van der Waals surface area (Å²) in [5.74, 6) is -0.813. The number of carbonyl (C=O) groups excluding carboxylic acids is 1. The molecule has 0 spiro atoms. The van der Waals surface area contributed by atoms with Crippen molar-refractivity contribution in [1.29, 1.82) is 0 Å². The number of amides is 1. The molecule has 196 valence electrons. The highest BCUT2D eigenvalue weighted by atomic mass is 16.4. The molecule has 0 aliphatic heterocycles. The first-order valence-corrected chi connectivity index (χ1v) is 12.3. The summed E-state index contributed by atoms with van der Waals surface area (Å²) in [5, 5.41) is 24.5. The highest BCUT2D eigenvalue weighted by molar-refractivity contribution is 6.00. The van der Waals surface area contributed by atoms with Crippen LogP contribution in [0.25, 0.3) is 32.8 Å². The molecule has 3 heterocycles. The Hall–Kier alpha value is -4.53. The molecular weight excluding hydrogens is 488 g/mol. The summed E-state index contributed by atoms with van der Waals surface area (Å²) in [4.78, 5) is 40.6. The number of aromatic amines is 1. The summed E-state index contributed by atoms with van der Waals surface area (Å²) in [6.07, 6.45) is 1.71. The van der Waals surface area contributed by atoms with Crippen molar-refractivity contribution in [2.75, 3.05) is 0 Å². The SMILES string of the molecule is Cc1oc2c(C)c3oc(=O)c(CCC(=O)N[C@@H](Cc4c[nH]c5ccc(O)cc45)C(=O)O)c(C)c3cc2c1C. The maximum absolute atomic E-state index is 12.9. The lowest BCUT2D eigenvalue weighted by Gasteiger charge is -2.15. The van der Waals surface area contributed by atoms with Crippen LogP contribution in [-0.4, -0.2) is 33.1 Å². The van der Waals surface area contributed by atoms with Gasteiger partial charge in [-0.05, 0) is 75.1 Å². The minimum absolute atomic E-state index is 0.0282. The highest BCUT2D eigenvalue weighted by Crippen LogP contribution is 2.34. The van der Waals surface area contributed by atoms with Gasteiger partial charge in [0, 0.05) is 51.8 Å². The van der Waals surface area contributed by atoms with Crippen molar-refractivity contribution < 1.29 is 28.6 Å². The van der Waals surface area contributed by atoms with Crippen LogP contribution in [0.5, 0.6) is 5.75 Å². The smallest absolute Gasteiger partial charge is 0.339 e. The zero-order chi connectivity index (χ0) is 27.3. The lowest BCUT2D eigenvalue weighted by atomic mass is 9.98. The van der Waals surface area contributed by atoms with Crippen LogP contribution in [0.4, 0.5) is 0 Å². The maximum atomic E-state index is 12.9. The first kappa shape index (κ1) is 25.1. The van der Waals surface area contributed by atoms with E-state index in [1.165, 1.54) is 6.07 Å². The second-order valence-corrected chi connectivity index (χ2v) is 9.74. The molecule has 0 bridgehead atoms. The number of phenolic OH excluding ortho intramolecular Hbond substituents is 1. The standard InChI is InChI=1S/C29H28N2O7/c1-13-16(4)37-26-15(3)27-21(11-20(13)26)14(2)19(29(36)38-27)6-8-25(33)31-24(28(34)35)9-17-12-30-23-7-5-18(32)10-22(17)23/h5,7,10-12,24,30,32H,6,8-9H2,1-4H3,(H,31,33)(H,34,35)/t24-/m0/s1. The summed E-state index contributed by atoms with van der Waals surface area (Å²) in [6, 6.07) is 5.55. The summed E-state index contributed by atoms with van der Waals surface area (Å²) in [6.45, 7) is 7.54. The number of phenols is 1. The predicted octanol–water partition coefficient (Wildman–Crippen LogP) is 4.70. The number of H-pyrrole nitrogens is 1. The average Bonchev–Trinajstić information content (AvgIpc) is 3.39. The molecule has 9 heteroatoms. The fraction of sp³-hybridized carbons (Fsp3) is 0.276. The summed E-state index contributed by atoms with van der Waals surface area (Å²) < 4.78 is 11.5. The molecule has 1 atom stereocenters. The number of carboxylic acids is 1. The van der Waals surface area contributed by atoms with E-state index >= 15 is 0 Å². The second kappa shape index (κ2) is 9.41. The molecule has 5 rings (SSSR count). The average molecular weight is 517 g/mol. The van der Waals surface area contributed by atoms with Crippen molar-refractivity contribution in [2.45, 2.75) is 53.0 Å². The maximum Gasteiger partial charge on any atom is 0.339 e. The molecule has 38 heavy (non-hydrogen) atoms. The van der Waals surface area contributed by atoms with Crippen molar-refractivity contribution in [3.8, 4) is 5.75 Å². The van der Waals surface area contributed by atoms with E-state index in [-0.39, 0.29) is 25.0 Å². The fourth-order valence-corrected chi connectivity index (χ4v) is 5.04. The molecule has 3 aromatic heterocycles. The monoisotopic (exact) mass is 516 g/mol. The van der Waals surface area contributed by atoms with Crippen LogP contribution in [0, 0.1) is 27.7 Å². The zero-order valence-corrected chi connectivity index (χ0v) is 21.5. The number of aliphatic carboxylic acids is 1. The molecule has 5 aromatic rings. The Morgan fingerprint density at radius 1 is 0.974 bits per heavy atom. The van der Waals surface area contributed by atoms with E-state index in [9.17, 15) is 24.6 Å². The molecule has 4 N–H and O–H groups in total. The molecule has 9 nitrogen and oxygen atoms in total. The number of nitrogens with one attached hydrogen (secondary N) is 2. The third kappa shape index (κ3) is 4.30. The minimum Gasteiger partial charge on any atom is -0.508 e. The third-order valence-corrected chi connectivity index (χ3v) is 7.35. The van der Waals surface area contributed by atoms with Gasteiger partial charge in [0.25, 0.3) is 0 Å². The van der Waals surface area contributed by atoms with E-state index in [0.717, 1.165) is 38.7 Å². The quantitative estimate of drug-likeness (QED) is 0.229. The lowest BCUT2D eigenvalue weighted by Crippen LogP contribution is -2.42. The van der Waals surface area contributed by atoms with Gasteiger partial charge in [0.1, 0.15) is 28.7 Å². The Labute approximate surface area is 217 Å². The number of carbonyl (C=O) groups is 2. The van der Waals surface area contributed by atoms with E-state index in [0.29, 0.717) is 27.7 Å². The molecule has 0 fully saturated rings. The lowest BCUT2D eigenvalue weighted by molar-refractivity contribution is -0.141. The fourth-order valence-electron chi connectivity index (χ4n) is 5.04. The van der Waals surface area contributed by atoms with E-state index < -0.39 is 23.5 Å². The van der Waals surface area contributed by atoms with E-state index in [4.69, 9.17) is 8.83 Å². The summed E-state index contributed by atoms with van der Waals surface area (Å²) in [7, 11) is 0. The number of hydrogen-bond acceptors (Lipinski definition) is 6. The number of hydrogen-bond donors (Lipinski definition) is 4. The van der Waals surface area contributed by atoms with Gasteiger partial charge in [-0.1, -0.05) is 0 Å². The normalized spacial score (nSPS) is 12.4. The van der Waals surface area contributed by atoms with Gasteiger partial charge in [-0.3, -0.25) is 4.79 Å². The Bertz CT molecular complexity index is 1810. The van der Waals surface area contributed by atoms with Crippen LogP contribution in [0.3, 0.4) is 0 Å². The van der Waals surface area contributed by atoms with Gasteiger partial charge in [0.15, 0.2) is 0 Å². The molecule has 2 aromatic carbocycles. The molecule has 0 aliphatic rings. The van der Waals surface area contributed by atoms with Crippen LogP contribution >= 0.6 is 0 Å². The van der Waals surface area contributed by atoms with Gasteiger partial charge in [-0.15, -0.1) is 0 Å².